The SMILES string of the molecule is Cc1cc(C(C)NCC(C)(C)C(N)=O)c(C)o1. The Morgan fingerprint density at radius 2 is 2.12 bits per heavy atom. The molecule has 0 saturated heterocycles. The first kappa shape index (κ1) is 13.8. The lowest BCUT2D eigenvalue weighted by Crippen LogP contribution is -2.41. The highest BCUT2D eigenvalue weighted by Gasteiger charge is 2.25. The number of nitrogens with one attached hydrogen (secondary N) is 1. The van der Waals surface area contributed by atoms with Crippen LogP contribution in [0.15, 0.2) is 10.5 Å². The monoisotopic (exact) mass is 238 g/mol. The molecule has 1 unspecified atom stereocenters. The fourth-order valence-electron chi connectivity index (χ4n) is 1.69. The molecule has 4 heteroatoms. The van der Waals surface area contributed by atoms with E-state index in [0.717, 1.165) is 17.1 Å². The first-order valence-corrected chi connectivity index (χ1v) is 5.84. The van der Waals surface area contributed by atoms with E-state index in [1.165, 1.54) is 0 Å². The van der Waals surface area contributed by atoms with Crippen LogP contribution in [0.5, 0.6) is 0 Å². The van der Waals surface area contributed by atoms with Gasteiger partial charge in [-0.15, -0.1) is 0 Å². The Hall–Kier alpha value is -1.29. The molecule has 0 aliphatic heterocycles. The summed E-state index contributed by atoms with van der Waals surface area (Å²) in [5.74, 6) is 1.52. The molecule has 0 saturated carbocycles. The summed E-state index contributed by atoms with van der Waals surface area (Å²) in [6.07, 6.45) is 0. The molecule has 0 radical (unpaired) electrons. The Bertz CT molecular complexity index is 408. The van der Waals surface area contributed by atoms with Crippen molar-refractivity contribution in [1.82, 2.24) is 5.32 Å². The Balaban J connectivity index is 2.65. The first-order chi connectivity index (χ1) is 7.74. The van der Waals surface area contributed by atoms with Crippen molar-refractivity contribution >= 4 is 5.91 Å². The van der Waals surface area contributed by atoms with Gasteiger partial charge in [-0.25, -0.2) is 0 Å². The average molecular weight is 238 g/mol. The summed E-state index contributed by atoms with van der Waals surface area (Å²) < 4.78 is 5.48. The van der Waals surface area contributed by atoms with Crippen LogP contribution in [0.3, 0.4) is 0 Å². The van der Waals surface area contributed by atoms with Gasteiger partial charge < -0.3 is 15.5 Å². The summed E-state index contributed by atoms with van der Waals surface area (Å²) in [5.41, 5.74) is 5.92. The molecule has 0 spiro atoms. The van der Waals surface area contributed by atoms with Gasteiger partial charge in [0.05, 0.1) is 5.41 Å². The van der Waals surface area contributed by atoms with Crippen molar-refractivity contribution in [1.29, 1.82) is 0 Å². The maximum absolute atomic E-state index is 11.2. The average Bonchev–Trinajstić information content (AvgIpc) is 2.54. The van der Waals surface area contributed by atoms with Gasteiger partial charge in [-0.1, -0.05) is 0 Å². The second-order valence-corrected chi connectivity index (χ2v) is 5.22. The van der Waals surface area contributed by atoms with E-state index in [2.05, 4.69) is 5.32 Å². The van der Waals surface area contributed by atoms with E-state index in [1.807, 2.05) is 40.7 Å². The minimum Gasteiger partial charge on any atom is -0.466 e. The van der Waals surface area contributed by atoms with E-state index >= 15 is 0 Å². The van der Waals surface area contributed by atoms with Gasteiger partial charge in [0, 0.05) is 18.2 Å². The second-order valence-electron chi connectivity index (χ2n) is 5.22. The summed E-state index contributed by atoms with van der Waals surface area (Å²) in [7, 11) is 0. The minimum absolute atomic E-state index is 0.145. The molecule has 1 heterocycles. The van der Waals surface area contributed by atoms with Crippen molar-refractivity contribution in [2.75, 3.05) is 6.54 Å². The molecule has 0 bridgehead atoms. The molecular formula is C13H22N2O2. The van der Waals surface area contributed by atoms with Crippen LogP contribution < -0.4 is 11.1 Å². The largest absolute Gasteiger partial charge is 0.466 e. The Morgan fingerprint density at radius 1 is 1.53 bits per heavy atom. The number of carbonyl (C=O) groups excluding carboxylic acids is 1. The zero-order valence-corrected chi connectivity index (χ0v) is 11.3. The number of nitrogens with two attached hydrogens (primary N) is 1. The molecule has 4 nitrogen and oxygen atoms in total. The van der Waals surface area contributed by atoms with Crippen LogP contribution in [-0.4, -0.2) is 12.5 Å². The van der Waals surface area contributed by atoms with E-state index < -0.39 is 5.41 Å². The molecule has 1 aromatic rings. The Morgan fingerprint density at radius 3 is 2.53 bits per heavy atom. The molecule has 17 heavy (non-hydrogen) atoms. The molecule has 3 N–H and O–H groups in total. The predicted octanol–water partition coefficient (Wildman–Crippen LogP) is 2.06. The lowest BCUT2D eigenvalue weighted by molar-refractivity contribution is -0.125. The fourth-order valence-corrected chi connectivity index (χ4v) is 1.69. The zero-order valence-electron chi connectivity index (χ0n) is 11.3. The lowest BCUT2D eigenvalue weighted by atomic mass is 9.92. The molecule has 96 valence electrons. The van der Waals surface area contributed by atoms with Gasteiger partial charge in [0.1, 0.15) is 11.5 Å². The third-order valence-corrected chi connectivity index (χ3v) is 3.06. The molecule has 0 aromatic carbocycles. The quantitative estimate of drug-likeness (QED) is 0.825. The van der Waals surface area contributed by atoms with Crippen LogP contribution in [0.4, 0.5) is 0 Å². The fraction of sp³-hybridized carbons (Fsp3) is 0.615. The van der Waals surface area contributed by atoms with Gasteiger partial charge in [-0.05, 0) is 40.7 Å². The maximum Gasteiger partial charge on any atom is 0.224 e. The van der Waals surface area contributed by atoms with Gasteiger partial charge in [0.25, 0.3) is 0 Å². The van der Waals surface area contributed by atoms with Crippen LogP contribution >= 0.6 is 0 Å². The van der Waals surface area contributed by atoms with Crippen LogP contribution in [0, 0.1) is 19.3 Å². The molecule has 0 aliphatic carbocycles. The number of primary amides is 1. The van der Waals surface area contributed by atoms with Gasteiger partial charge in [0.2, 0.25) is 5.91 Å². The Kier molecular flexibility index (Phi) is 3.98. The summed E-state index contributed by atoms with van der Waals surface area (Å²) in [5, 5.41) is 3.31. The number of furan rings is 1. The highest BCUT2D eigenvalue weighted by Crippen LogP contribution is 2.22. The smallest absolute Gasteiger partial charge is 0.224 e. The highest BCUT2D eigenvalue weighted by molar-refractivity contribution is 5.80. The van der Waals surface area contributed by atoms with Crippen LogP contribution in [0.2, 0.25) is 0 Å². The number of carbonyl (C=O) groups is 1. The zero-order chi connectivity index (χ0) is 13.2. The van der Waals surface area contributed by atoms with Crippen molar-refractivity contribution in [3.8, 4) is 0 Å². The van der Waals surface area contributed by atoms with Crippen molar-refractivity contribution in [3.63, 3.8) is 0 Å². The third-order valence-electron chi connectivity index (χ3n) is 3.06. The summed E-state index contributed by atoms with van der Waals surface area (Å²) in [4.78, 5) is 11.2. The number of hydrogen-bond donors (Lipinski definition) is 2. The molecular weight excluding hydrogens is 216 g/mol. The summed E-state index contributed by atoms with van der Waals surface area (Å²) in [6.45, 7) is 10.1. The van der Waals surface area contributed by atoms with Crippen molar-refractivity contribution in [2.24, 2.45) is 11.1 Å². The number of amides is 1. The van der Waals surface area contributed by atoms with Crippen LogP contribution in [-0.2, 0) is 4.79 Å². The summed E-state index contributed by atoms with van der Waals surface area (Å²) >= 11 is 0. The number of aryl methyl sites for hydroxylation is 2. The van der Waals surface area contributed by atoms with Gasteiger partial charge in [-0.3, -0.25) is 4.79 Å². The van der Waals surface area contributed by atoms with Crippen LogP contribution in [0.25, 0.3) is 0 Å². The van der Waals surface area contributed by atoms with Gasteiger partial charge in [0.15, 0.2) is 0 Å². The van der Waals surface area contributed by atoms with Crippen molar-refractivity contribution in [2.45, 2.75) is 40.7 Å². The molecule has 1 rings (SSSR count). The maximum atomic E-state index is 11.2. The molecule has 0 aliphatic rings. The van der Waals surface area contributed by atoms with Gasteiger partial charge in [-0.2, -0.15) is 0 Å². The van der Waals surface area contributed by atoms with Crippen molar-refractivity contribution < 1.29 is 9.21 Å². The van der Waals surface area contributed by atoms with Gasteiger partial charge >= 0.3 is 0 Å². The molecule has 0 fully saturated rings. The first-order valence-electron chi connectivity index (χ1n) is 5.84. The van der Waals surface area contributed by atoms with Crippen LogP contribution in [0.1, 0.15) is 43.9 Å². The topological polar surface area (TPSA) is 68.3 Å². The normalized spacial score (nSPS) is 13.7. The number of hydrogen-bond acceptors (Lipinski definition) is 3. The molecule has 1 amide bonds. The molecule has 1 aromatic heterocycles. The van der Waals surface area contributed by atoms with E-state index in [1.54, 1.807) is 0 Å². The van der Waals surface area contributed by atoms with E-state index in [9.17, 15) is 4.79 Å². The van der Waals surface area contributed by atoms with E-state index in [0.29, 0.717) is 6.54 Å². The van der Waals surface area contributed by atoms with E-state index in [-0.39, 0.29) is 11.9 Å². The van der Waals surface area contributed by atoms with E-state index in [4.69, 9.17) is 10.2 Å². The molecule has 1 atom stereocenters. The minimum atomic E-state index is -0.541. The van der Waals surface area contributed by atoms with Crippen molar-refractivity contribution in [3.05, 3.63) is 23.2 Å². The lowest BCUT2D eigenvalue weighted by Gasteiger charge is -2.23. The third kappa shape index (κ3) is 3.33. The Labute approximate surface area is 103 Å². The predicted molar refractivity (Wildman–Crippen MR) is 67.6 cm³/mol. The number of rotatable bonds is 5. The summed E-state index contributed by atoms with van der Waals surface area (Å²) in [6, 6.07) is 2.16. The second kappa shape index (κ2) is 4.92. The highest BCUT2D eigenvalue weighted by atomic mass is 16.3. The standard InChI is InChI=1S/C13H22N2O2/c1-8-6-11(10(3)17-8)9(2)15-7-13(4,5)12(14)16/h6,9,15H,7H2,1-5H3,(H2,14,16).